The summed E-state index contributed by atoms with van der Waals surface area (Å²) >= 11 is 0. The zero-order valence-corrected chi connectivity index (χ0v) is 11.0. The Balaban J connectivity index is 1.79. The van der Waals surface area contributed by atoms with Crippen molar-refractivity contribution in [2.75, 3.05) is 19.8 Å². The Hall–Kier alpha value is -1.98. The lowest BCUT2D eigenvalue weighted by molar-refractivity contribution is 0.0265. The van der Waals surface area contributed by atoms with Gasteiger partial charge < -0.3 is 15.2 Å². The van der Waals surface area contributed by atoms with Crippen LogP contribution in [0, 0.1) is 0 Å². The molecule has 3 rings (SSSR count). The van der Waals surface area contributed by atoms with E-state index in [-0.39, 0.29) is 19.1 Å². The van der Waals surface area contributed by atoms with Crippen LogP contribution in [0.4, 0.5) is 0 Å². The van der Waals surface area contributed by atoms with Gasteiger partial charge in [-0.15, -0.1) is 0 Å². The van der Waals surface area contributed by atoms with E-state index in [0.717, 1.165) is 10.9 Å². The normalized spacial score (nSPS) is 22.1. The number of pyridine rings is 1. The molecule has 1 unspecified atom stereocenters. The van der Waals surface area contributed by atoms with Crippen LogP contribution in [0.5, 0.6) is 0 Å². The quantitative estimate of drug-likeness (QED) is 0.878. The number of fused-ring (bicyclic) bond motifs is 1. The highest BCUT2D eigenvalue weighted by Gasteiger charge is 2.32. The summed E-state index contributed by atoms with van der Waals surface area (Å²) in [5, 5.41) is 13.7. The standard InChI is InChI=1S/C15H16N2O3/c18-14(17-9-15(19)6-8-20-10-15)12-3-1-5-13-11(12)4-2-7-16-13/h1-5,7,19H,6,8-10H2,(H,17,18). The largest absolute Gasteiger partial charge is 0.386 e. The molecule has 2 heterocycles. The number of nitrogens with one attached hydrogen (secondary N) is 1. The summed E-state index contributed by atoms with van der Waals surface area (Å²) in [6, 6.07) is 9.10. The van der Waals surface area contributed by atoms with Crippen LogP contribution in [-0.4, -0.2) is 41.4 Å². The fraction of sp³-hybridized carbons (Fsp3) is 0.333. The summed E-state index contributed by atoms with van der Waals surface area (Å²) in [6.45, 7) is 0.997. The number of aliphatic hydroxyl groups is 1. The predicted molar refractivity (Wildman–Crippen MR) is 74.5 cm³/mol. The number of amides is 1. The first-order chi connectivity index (χ1) is 9.68. The molecule has 1 aliphatic rings. The highest BCUT2D eigenvalue weighted by molar-refractivity contribution is 6.06. The van der Waals surface area contributed by atoms with Crippen LogP contribution in [0.1, 0.15) is 16.8 Å². The van der Waals surface area contributed by atoms with Crippen LogP contribution in [0.25, 0.3) is 10.9 Å². The Bertz CT molecular complexity index is 631. The molecular weight excluding hydrogens is 256 g/mol. The monoisotopic (exact) mass is 272 g/mol. The molecule has 0 aliphatic carbocycles. The van der Waals surface area contributed by atoms with Gasteiger partial charge in [0.05, 0.1) is 12.1 Å². The van der Waals surface area contributed by atoms with Crippen molar-refractivity contribution < 1.29 is 14.6 Å². The maximum atomic E-state index is 12.3. The third-order valence-electron chi connectivity index (χ3n) is 3.55. The third-order valence-corrected chi connectivity index (χ3v) is 3.55. The van der Waals surface area contributed by atoms with Gasteiger partial charge >= 0.3 is 0 Å². The highest BCUT2D eigenvalue weighted by Crippen LogP contribution is 2.19. The van der Waals surface area contributed by atoms with Crippen LogP contribution in [0.3, 0.4) is 0 Å². The molecule has 5 nitrogen and oxygen atoms in total. The van der Waals surface area contributed by atoms with Gasteiger partial charge in [-0.25, -0.2) is 0 Å². The molecule has 2 aromatic rings. The number of carbonyl (C=O) groups excluding carboxylic acids is 1. The fourth-order valence-corrected chi connectivity index (χ4v) is 2.38. The minimum absolute atomic E-state index is 0.197. The van der Waals surface area contributed by atoms with Crippen molar-refractivity contribution in [3.8, 4) is 0 Å². The molecule has 1 aromatic carbocycles. The van der Waals surface area contributed by atoms with Gasteiger partial charge in [-0.05, 0) is 18.2 Å². The molecule has 5 heteroatoms. The Morgan fingerprint density at radius 3 is 3.10 bits per heavy atom. The fourth-order valence-electron chi connectivity index (χ4n) is 2.38. The lowest BCUT2D eigenvalue weighted by Gasteiger charge is -2.20. The zero-order valence-electron chi connectivity index (χ0n) is 11.0. The van der Waals surface area contributed by atoms with Crippen molar-refractivity contribution in [3.63, 3.8) is 0 Å². The first kappa shape index (κ1) is 13.0. The molecule has 1 aromatic heterocycles. The molecule has 104 valence electrons. The molecule has 0 spiro atoms. The number of rotatable bonds is 3. The van der Waals surface area contributed by atoms with Crippen LogP contribution in [-0.2, 0) is 4.74 Å². The van der Waals surface area contributed by atoms with Crippen LogP contribution < -0.4 is 5.32 Å². The molecule has 1 saturated heterocycles. The molecule has 20 heavy (non-hydrogen) atoms. The van der Waals surface area contributed by atoms with Gasteiger partial charge in [-0.2, -0.15) is 0 Å². The number of benzene rings is 1. The van der Waals surface area contributed by atoms with E-state index in [2.05, 4.69) is 10.3 Å². The van der Waals surface area contributed by atoms with E-state index in [4.69, 9.17) is 4.74 Å². The third kappa shape index (κ3) is 2.50. The number of carbonyl (C=O) groups is 1. The molecule has 0 radical (unpaired) electrons. The minimum atomic E-state index is -0.946. The van der Waals surface area contributed by atoms with Crippen LogP contribution >= 0.6 is 0 Å². The van der Waals surface area contributed by atoms with Crippen molar-refractivity contribution in [1.29, 1.82) is 0 Å². The SMILES string of the molecule is O=C(NCC1(O)CCOC1)c1cccc2ncccc12. The number of nitrogens with zero attached hydrogens (tertiary/aromatic N) is 1. The second kappa shape index (κ2) is 5.19. The summed E-state index contributed by atoms with van der Waals surface area (Å²) in [6.07, 6.45) is 2.24. The Labute approximate surface area is 116 Å². The van der Waals surface area contributed by atoms with Gasteiger partial charge in [0.15, 0.2) is 0 Å². The number of aromatic nitrogens is 1. The topological polar surface area (TPSA) is 71.5 Å². The van der Waals surface area contributed by atoms with Crippen molar-refractivity contribution in [1.82, 2.24) is 10.3 Å². The molecule has 1 aliphatic heterocycles. The first-order valence-corrected chi connectivity index (χ1v) is 6.60. The van der Waals surface area contributed by atoms with Gasteiger partial charge in [0.2, 0.25) is 0 Å². The number of hydrogen-bond donors (Lipinski definition) is 2. The van der Waals surface area contributed by atoms with Gasteiger partial charge in [-0.1, -0.05) is 12.1 Å². The Kier molecular flexibility index (Phi) is 3.38. The highest BCUT2D eigenvalue weighted by atomic mass is 16.5. The second-order valence-electron chi connectivity index (χ2n) is 5.09. The second-order valence-corrected chi connectivity index (χ2v) is 5.09. The summed E-state index contributed by atoms with van der Waals surface area (Å²) in [4.78, 5) is 16.5. The predicted octanol–water partition coefficient (Wildman–Crippen LogP) is 1.12. The molecule has 0 saturated carbocycles. The molecular formula is C15H16N2O3. The summed E-state index contributed by atoms with van der Waals surface area (Å²) in [5.41, 5.74) is 0.402. The average Bonchev–Trinajstić information content (AvgIpc) is 2.91. The van der Waals surface area contributed by atoms with Crippen LogP contribution in [0.2, 0.25) is 0 Å². The van der Waals surface area contributed by atoms with Crippen LogP contribution in [0.15, 0.2) is 36.5 Å². The van der Waals surface area contributed by atoms with E-state index in [9.17, 15) is 9.90 Å². The summed E-state index contributed by atoms with van der Waals surface area (Å²) in [7, 11) is 0. The first-order valence-electron chi connectivity index (χ1n) is 6.60. The lowest BCUT2D eigenvalue weighted by atomic mass is 10.0. The maximum absolute atomic E-state index is 12.3. The van der Waals surface area contributed by atoms with Crippen molar-refractivity contribution >= 4 is 16.8 Å². The molecule has 0 bridgehead atoms. The minimum Gasteiger partial charge on any atom is -0.386 e. The van der Waals surface area contributed by atoms with Crippen molar-refractivity contribution in [2.45, 2.75) is 12.0 Å². The average molecular weight is 272 g/mol. The smallest absolute Gasteiger partial charge is 0.252 e. The maximum Gasteiger partial charge on any atom is 0.252 e. The van der Waals surface area contributed by atoms with Gasteiger partial charge in [0, 0.05) is 36.7 Å². The van der Waals surface area contributed by atoms with Gasteiger partial charge in [-0.3, -0.25) is 9.78 Å². The molecule has 1 fully saturated rings. The van der Waals surface area contributed by atoms with E-state index in [1.54, 1.807) is 24.4 Å². The van der Waals surface area contributed by atoms with E-state index >= 15 is 0 Å². The Morgan fingerprint density at radius 2 is 2.30 bits per heavy atom. The molecule has 1 amide bonds. The zero-order chi connectivity index (χ0) is 14.0. The number of ether oxygens (including phenoxy) is 1. The van der Waals surface area contributed by atoms with Crippen molar-refractivity contribution in [3.05, 3.63) is 42.1 Å². The lowest BCUT2D eigenvalue weighted by Crippen LogP contribution is -2.43. The van der Waals surface area contributed by atoms with E-state index in [0.29, 0.717) is 18.6 Å². The summed E-state index contributed by atoms with van der Waals surface area (Å²) < 4.78 is 5.16. The molecule has 2 N–H and O–H groups in total. The summed E-state index contributed by atoms with van der Waals surface area (Å²) in [5.74, 6) is -0.205. The van der Waals surface area contributed by atoms with Crippen molar-refractivity contribution in [2.24, 2.45) is 0 Å². The molecule has 1 atom stereocenters. The Morgan fingerprint density at radius 1 is 1.40 bits per heavy atom. The van der Waals surface area contributed by atoms with E-state index in [1.165, 1.54) is 0 Å². The number of hydrogen-bond acceptors (Lipinski definition) is 4. The van der Waals surface area contributed by atoms with Gasteiger partial charge in [0.25, 0.3) is 5.91 Å². The van der Waals surface area contributed by atoms with E-state index < -0.39 is 5.60 Å². The van der Waals surface area contributed by atoms with Gasteiger partial charge in [0.1, 0.15) is 5.60 Å². The van der Waals surface area contributed by atoms with E-state index in [1.807, 2.05) is 12.1 Å².